The molecule has 0 bridgehead atoms. The summed E-state index contributed by atoms with van der Waals surface area (Å²) in [7, 11) is 1.28. The first-order chi connectivity index (χ1) is 16.3. The number of carbonyl (C=O) groups excluding carboxylic acids is 2. The molecule has 6 nitrogen and oxygen atoms in total. The first-order valence-corrected chi connectivity index (χ1v) is 10.6. The smallest absolute Gasteiger partial charge is 0.343 e. The Morgan fingerprint density at radius 1 is 0.941 bits per heavy atom. The maximum absolute atomic E-state index is 13.4. The lowest BCUT2D eigenvalue weighted by Gasteiger charge is -2.13. The van der Waals surface area contributed by atoms with Crippen LogP contribution in [-0.4, -0.2) is 30.6 Å². The summed E-state index contributed by atoms with van der Waals surface area (Å²) in [5.41, 5.74) is 5.08. The normalized spacial score (nSPS) is 10.7. The van der Waals surface area contributed by atoms with Crippen LogP contribution in [0.15, 0.2) is 66.7 Å². The largest absolute Gasteiger partial charge is 0.481 e. The maximum atomic E-state index is 13.4. The van der Waals surface area contributed by atoms with Crippen molar-refractivity contribution in [3.63, 3.8) is 0 Å². The fourth-order valence-electron chi connectivity index (χ4n) is 3.44. The number of esters is 1. The second kappa shape index (κ2) is 9.70. The van der Waals surface area contributed by atoms with E-state index >= 15 is 0 Å². The third-order valence-electron chi connectivity index (χ3n) is 5.51. The molecule has 4 aromatic rings. The molecule has 0 aliphatic heterocycles. The predicted molar refractivity (Wildman–Crippen MR) is 129 cm³/mol. The summed E-state index contributed by atoms with van der Waals surface area (Å²) in [6.07, 6.45) is 0. The standard InChI is InChI=1S/C27H23FN2O4/c1-16-4-5-19(12-17(16)2)27(32)29-21-10-11-23-22(13-21)25(34-15-26(31)33-3)14-24(30-23)18-6-8-20(28)9-7-18/h4-14H,15H2,1-3H3,(H,29,32). The van der Waals surface area contributed by atoms with E-state index < -0.39 is 5.97 Å². The van der Waals surface area contributed by atoms with E-state index in [0.717, 1.165) is 11.1 Å². The summed E-state index contributed by atoms with van der Waals surface area (Å²) in [5.74, 6) is -0.740. The van der Waals surface area contributed by atoms with E-state index in [4.69, 9.17) is 4.74 Å². The van der Waals surface area contributed by atoms with E-state index in [1.54, 1.807) is 42.5 Å². The number of carbonyl (C=O) groups is 2. The molecule has 4 rings (SSSR count). The summed E-state index contributed by atoms with van der Waals surface area (Å²) >= 11 is 0. The van der Waals surface area contributed by atoms with Crippen LogP contribution in [0.5, 0.6) is 5.75 Å². The van der Waals surface area contributed by atoms with Crippen LogP contribution in [0.25, 0.3) is 22.2 Å². The fraction of sp³-hybridized carbons (Fsp3) is 0.148. The number of methoxy groups -OCH3 is 1. The average Bonchev–Trinajstić information content (AvgIpc) is 2.84. The number of nitrogens with one attached hydrogen (secondary N) is 1. The molecule has 0 radical (unpaired) electrons. The van der Waals surface area contributed by atoms with Gasteiger partial charge in [-0.3, -0.25) is 4.79 Å². The molecule has 7 heteroatoms. The Kier molecular flexibility index (Phi) is 6.54. The molecule has 0 fully saturated rings. The van der Waals surface area contributed by atoms with Crippen LogP contribution in [-0.2, 0) is 9.53 Å². The zero-order valence-corrected chi connectivity index (χ0v) is 19.0. The Morgan fingerprint density at radius 2 is 1.71 bits per heavy atom. The van der Waals surface area contributed by atoms with Gasteiger partial charge in [-0.15, -0.1) is 0 Å². The lowest BCUT2D eigenvalue weighted by atomic mass is 10.1. The van der Waals surface area contributed by atoms with Crippen molar-refractivity contribution < 1.29 is 23.5 Å². The molecule has 0 unspecified atom stereocenters. The number of rotatable bonds is 6. The van der Waals surface area contributed by atoms with Crippen molar-refractivity contribution in [3.8, 4) is 17.0 Å². The fourth-order valence-corrected chi connectivity index (χ4v) is 3.44. The molecular weight excluding hydrogens is 435 g/mol. The van der Waals surface area contributed by atoms with Gasteiger partial charge in [-0.25, -0.2) is 14.2 Å². The lowest BCUT2D eigenvalue weighted by Crippen LogP contribution is -2.13. The second-order valence-corrected chi connectivity index (χ2v) is 7.86. The molecule has 0 saturated heterocycles. The zero-order chi connectivity index (χ0) is 24.2. The molecule has 1 heterocycles. The minimum atomic E-state index is -0.535. The quantitative estimate of drug-likeness (QED) is 0.388. The van der Waals surface area contributed by atoms with Crippen molar-refractivity contribution in [1.82, 2.24) is 4.98 Å². The van der Waals surface area contributed by atoms with Gasteiger partial charge >= 0.3 is 5.97 Å². The monoisotopic (exact) mass is 458 g/mol. The maximum Gasteiger partial charge on any atom is 0.343 e. The van der Waals surface area contributed by atoms with Crippen LogP contribution >= 0.6 is 0 Å². The van der Waals surface area contributed by atoms with Crippen LogP contribution in [0, 0.1) is 19.7 Å². The Labute approximate surface area is 196 Å². The Morgan fingerprint density at radius 3 is 2.41 bits per heavy atom. The topological polar surface area (TPSA) is 77.5 Å². The lowest BCUT2D eigenvalue weighted by molar-refractivity contribution is -0.142. The molecule has 0 saturated carbocycles. The number of fused-ring (bicyclic) bond motifs is 1. The SMILES string of the molecule is COC(=O)COc1cc(-c2ccc(F)cc2)nc2ccc(NC(=O)c3ccc(C)c(C)c3)cc12. The highest BCUT2D eigenvalue weighted by atomic mass is 19.1. The van der Waals surface area contributed by atoms with Gasteiger partial charge < -0.3 is 14.8 Å². The highest BCUT2D eigenvalue weighted by molar-refractivity contribution is 6.05. The number of hydrogen-bond donors (Lipinski definition) is 1. The first kappa shape index (κ1) is 22.9. The van der Waals surface area contributed by atoms with E-state index in [1.165, 1.54) is 19.2 Å². The summed E-state index contributed by atoms with van der Waals surface area (Å²) in [4.78, 5) is 29.1. The molecule has 0 aliphatic carbocycles. The molecule has 1 amide bonds. The Bertz CT molecular complexity index is 1380. The van der Waals surface area contributed by atoms with Crippen molar-refractivity contribution in [2.45, 2.75) is 13.8 Å². The number of anilines is 1. The number of halogens is 1. The molecule has 3 aromatic carbocycles. The number of hydrogen-bond acceptors (Lipinski definition) is 5. The van der Waals surface area contributed by atoms with E-state index in [-0.39, 0.29) is 18.3 Å². The van der Waals surface area contributed by atoms with Crippen molar-refractivity contribution in [3.05, 3.63) is 89.2 Å². The number of aryl methyl sites for hydroxylation is 2. The van der Waals surface area contributed by atoms with Crippen LogP contribution in [0.3, 0.4) is 0 Å². The number of aromatic nitrogens is 1. The van der Waals surface area contributed by atoms with E-state index in [2.05, 4.69) is 15.0 Å². The predicted octanol–water partition coefficient (Wildman–Crippen LogP) is 5.46. The van der Waals surface area contributed by atoms with Gasteiger partial charge in [0.1, 0.15) is 11.6 Å². The number of amides is 1. The van der Waals surface area contributed by atoms with Gasteiger partial charge in [0, 0.05) is 28.3 Å². The molecule has 172 valence electrons. The van der Waals surface area contributed by atoms with Gasteiger partial charge in [-0.1, -0.05) is 6.07 Å². The van der Waals surface area contributed by atoms with Crippen LogP contribution < -0.4 is 10.1 Å². The molecule has 1 aromatic heterocycles. The minimum Gasteiger partial charge on any atom is -0.481 e. The Hall–Kier alpha value is -4.26. The van der Waals surface area contributed by atoms with Crippen molar-refractivity contribution in [1.29, 1.82) is 0 Å². The van der Waals surface area contributed by atoms with Gasteiger partial charge in [0.05, 0.1) is 18.3 Å². The van der Waals surface area contributed by atoms with Crippen molar-refractivity contribution in [2.24, 2.45) is 0 Å². The third kappa shape index (κ3) is 5.04. The number of pyridine rings is 1. The molecular formula is C27H23FN2O4. The summed E-state index contributed by atoms with van der Waals surface area (Å²) in [5, 5.41) is 3.50. The van der Waals surface area contributed by atoms with Crippen molar-refractivity contribution >= 4 is 28.5 Å². The number of benzene rings is 3. The van der Waals surface area contributed by atoms with Gasteiger partial charge in [0.2, 0.25) is 0 Å². The summed E-state index contributed by atoms with van der Waals surface area (Å²) in [6, 6.07) is 18.4. The Balaban J connectivity index is 1.71. The third-order valence-corrected chi connectivity index (χ3v) is 5.51. The minimum absolute atomic E-state index is 0.240. The van der Waals surface area contributed by atoms with E-state index in [9.17, 15) is 14.0 Å². The number of ether oxygens (including phenoxy) is 2. The van der Waals surface area contributed by atoms with Crippen LogP contribution in [0.4, 0.5) is 10.1 Å². The highest BCUT2D eigenvalue weighted by Crippen LogP contribution is 2.32. The van der Waals surface area contributed by atoms with Gasteiger partial charge in [-0.2, -0.15) is 0 Å². The average molecular weight is 458 g/mol. The first-order valence-electron chi connectivity index (χ1n) is 10.6. The molecule has 0 spiro atoms. The summed E-state index contributed by atoms with van der Waals surface area (Å²) in [6.45, 7) is 3.65. The van der Waals surface area contributed by atoms with Crippen molar-refractivity contribution in [2.75, 3.05) is 19.0 Å². The van der Waals surface area contributed by atoms with Gasteiger partial charge in [-0.05, 0) is 79.6 Å². The van der Waals surface area contributed by atoms with E-state index in [0.29, 0.717) is 39.2 Å². The second-order valence-electron chi connectivity index (χ2n) is 7.86. The molecule has 1 N–H and O–H groups in total. The van der Waals surface area contributed by atoms with Crippen LogP contribution in [0.2, 0.25) is 0 Å². The zero-order valence-electron chi connectivity index (χ0n) is 19.0. The summed E-state index contributed by atoms with van der Waals surface area (Å²) < 4.78 is 23.8. The van der Waals surface area contributed by atoms with Gasteiger partial charge in [0.25, 0.3) is 5.91 Å². The number of nitrogens with zero attached hydrogens (tertiary/aromatic N) is 1. The molecule has 0 aliphatic rings. The highest BCUT2D eigenvalue weighted by Gasteiger charge is 2.14. The van der Waals surface area contributed by atoms with Crippen LogP contribution in [0.1, 0.15) is 21.5 Å². The van der Waals surface area contributed by atoms with Gasteiger partial charge in [0.15, 0.2) is 6.61 Å². The molecule has 0 atom stereocenters. The van der Waals surface area contributed by atoms with E-state index in [1.807, 2.05) is 26.0 Å². The molecule has 34 heavy (non-hydrogen) atoms.